The standard InChI is InChI=1S/C12H20BrNO3/c1-3-10(15)6-4-9(12(17)14-2)5-7-11(16)8-13/h9H,3-8H2,1-2H3,(H,14,17). The number of rotatable bonds is 9. The smallest absolute Gasteiger partial charge is 0.222 e. The summed E-state index contributed by atoms with van der Waals surface area (Å²) in [5, 5.41) is 2.90. The molecule has 0 radical (unpaired) electrons. The highest BCUT2D eigenvalue weighted by atomic mass is 79.9. The summed E-state index contributed by atoms with van der Waals surface area (Å²) in [5.74, 6) is -0.0822. The van der Waals surface area contributed by atoms with E-state index >= 15 is 0 Å². The largest absolute Gasteiger partial charge is 0.359 e. The minimum Gasteiger partial charge on any atom is -0.359 e. The number of carbonyl (C=O) groups is 3. The van der Waals surface area contributed by atoms with E-state index in [0.717, 1.165) is 0 Å². The van der Waals surface area contributed by atoms with Crippen LogP contribution in [0, 0.1) is 5.92 Å². The monoisotopic (exact) mass is 305 g/mol. The van der Waals surface area contributed by atoms with Gasteiger partial charge in [-0.1, -0.05) is 22.9 Å². The van der Waals surface area contributed by atoms with Crippen LogP contribution < -0.4 is 5.32 Å². The van der Waals surface area contributed by atoms with E-state index in [1.165, 1.54) is 0 Å². The molecule has 0 aliphatic heterocycles. The van der Waals surface area contributed by atoms with Crippen molar-refractivity contribution in [1.29, 1.82) is 0 Å². The minimum absolute atomic E-state index is 0.0840. The van der Waals surface area contributed by atoms with Crippen molar-refractivity contribution in [3.8, 4) is 0 Å². The maximum atomic E-state index is 11.6. The van der Waals surface area contributed by atoms with Crippen LogP contribution in [0.5, 0.6) is 0 Å². The topological polar surface area (TPSA) is 63.2 Å². The lowest BCUT2D eigenvalue weighted by Gasteiger charge is -2.14. The fourth-order valence-corrected chi connectivity index (χ4v) is 1.81. The molecule has 0 aromatic carbocycles. The maximum Gasteiger partial charge on any atom is 0.222 e. The van der Waals surface area contributed by atoms with Gasteiger partial charge in [0.2, 0.25) is 5.91 Å². The van der Waals surface area contributed by atoms with Gasteiger partial charge in [0.25, 0.3) is 0 Å². The number of nitrogens with one attached hydrogen (secondary N) is 1. The first-order valence-electron chi connectivity index (χ1n) is 5.86. The lowest BCUT2D eigenvalue weighted by atomic mass is 9.94. The lowest BCUT2D eigenvalue weighted by molar-refractivity contribution is -0.125. The van der Waals surface area contributed by atoms with Gasteiger partial charge in [0.1, 0.15) is 11.6 Å². The van der Waals surface area contributed by atoms with E-state index in [1.807, 2.05) is 6.92 Å². The molecule has 5 heteroatoms. The second kappa shape index (κ2) is 9.33. The Kier molecular flexibility index (Phi) is 8.94. The predicted octanol–water partition coefficient (Wildman–Crippen LogP) is 1.85. The molecule has 98 valence electrons. The highest BCUT2D eigenvalue weighted by Gasteiger charge is 2.19. The van der Waals surface area contributed by atoms with Crippen molar-refractivity contribution < 1.29 is 14.4 Å². The third kappa shape index (κ3) is 7.26. The van der Waals surface area contributed by atoms with Gasteiger partial charge in [-0.2, -0.15) is 0 Å². The first-order valence-corrected chi connectivity index (χ1v) is 6.98. The Morgan fingerprint density at radius 1 is 1.12 bits per heavy atom. The number of Topliss-reactive ketones (excluding diaryl/α,β-unsaturated/α-hetero) is 2. The van der Waals surface area contributed by atoms with Crippen LogP contribution in [0.1, 0.15) is 39.0 Å². The molecule has 1 unspecified atom stereocenters. The number of carbonyl (C=O) groups excluding carboxylic acids is 3. The Morgan fingerprint density at radius 2 is 1.65 bits per heavy atom. The number of hydrogen-bond acceptors (Lipinski definition) is 3. The second-order valence-corrected chi connectivity index (χ2v) is 4.51. The summed E-state index contributed by atoms with van der Waals surface area (Å²) < 4.78 is 0. The number of ketones is 2. The highest BCUT2D eigenvalue weighted by Crippen LogP contribution is 2.15. The van der Waals surface area contributed by atoms with Crippen LogP contribution in [0.4, 0.5) is 0 Å². The Hall–Kier alpha value is -0.710. The Balaban J connectivity index is 4.19. The van der Waals surface area contributed by atoms with Crippen LogP contribution in [-0.2, 0) is 14.4 Å². The first kappa shape index (κ1) is 16.3. The third-order valence-electron chi connectivity index (χ3n) is 2.70. The summed E-state index contributed by atoms with van der Waals surface area (Å²) >= 11 is 3.09. The van der Waals surface area contributed by atoms with Crippen molar-refractivity contribution >= 4 is 33.4 Å². The zero-order chi connectivity index (χ0) is 13.3. The van der Waals surface area contributed by atoms with Gasteiger partial charge in [-0.25, -0.2) is 0 Å². The Bertz CT molecular complexity index is 259. The summed E-state index contributed by atoms with van der Waals surface area (Å²) in [6, 6.07) is 0. The molecule has 0 spiro atoms. The van der Waals surface area contributed by atoms with E-state index in [0.29, 0.717) is 37.4 Å². The Labute approximate surface area is 111 Å². The maximum absolute atomic E-state index is 11.6. The van der Waals surface area contributed by atoms with Crippen LogP contribution in [-0.4, -0.2) is 29.9 Å². The third-order valence-corrected chi connectivity index (χ3v) is 3.33. The Morgan fingerprint density at radius 3 is 2.06 bits per heavy atom. The average molecular weight is 306 g/mol. The molecule has 0 saturated carbocycles. The number of alkyl halides is 1. The van der Waals surface area contributed by atoms with Gasteiger partial charge in [-0.3, -0.25) is 14.4 Å². The quantitative estimate of drug-likeness (QED) is 0.661. The highest BCUT2D eigenvalue weighted by molar-refractivity contribution is 9.09. The predicted molar refractivity (Wildman–Crippen MR) is 70.1 cm³/mol. The van der Waals surface area contributed by atoms with Gasteiger partial charge in [0, 0.05) is 32.2 Å². The average Bonchev–Trinajstić information content (AvgIpc) is 2.36. The minimum atomic E-state index is -0.238. The molecule has 0 aromatic rings. The second-order valence-electron chi connectivity index (χ2n) is 3.95. The SMILES string of the molecule is CCC(=O)CCC(CCC(=O)CBr)C(=O)NC. The van der Waals surface area contributed by atoms with Crippen LogP contribution in [0.25, 0.3) is 0 Å². The van der Waals surface area contributed by atoms with Crippen LogP contribution in [0.15, 0.2) is 0 Å². The summed E-state index contributed by atoms with van der Waals surface area (Å²) in [6.07, 6.45) is 2.34. The van der Waals surface area contributed by atoms with E-state index in [2.05, 4.69) is 21.2 Å². The van der Waals surface area contributed by atoms with Crippen molar-refractivity contribution in [2.75, 3.05) is 12.4 Å². The van der Waals surface area contributed by atoms with E-state index in [4.69, 9.17) is 0 Å². The van der Waals surface area contributed by atoms with E-state index < -0.39 is 0 Å². The van der Waals surface area contributed by atoms with Gasteiger partial charge in [-0.05, 0) is 12.8 Å². The van der Waals surface area contributed by atoms with Gasteiger partial charge in [-0.15, -0.1) is 0 Å². The molecule has 17 heavy (non-hydrogen) atoms. The molecule has 0 bridgehead atoms. The fourth-order valence-electron chi connectivity index (χ4n) is 1.52. The van der Waals surface area contributed by atoms with Crippen molar-refractivity contribution in [1.82, 2.24) is 5.32 Å². The zero-order valence-electron chi connectivity index (χ0n) is 10.4. The zero-order valence-corrected chi connectivity index (χ0v) is 12.0. The van der Waals surface area contributed by atoms with E-state index in [-0.39, 0.29) is 23.4 Å². The molecule has 1 amide bonds. The molecule has 0 rings (SSSR count). The van der Waals surface area contributed by atoms with Crippen LogP contribution in [0.2, 0.25) is 0 Å². The molecule has 0 aliphatic rings. The van der Waals surface area contributed by atoms with Crippen molar-refractivity contribution in [3.63, 3.8) is 0 Å². The van der Waals surface area contributed by atoms with Crippen molar-refractivity contribution in [2.24, 2.45) is 5.92 Å². The fraction of sp³-hybridized carbons (Fsp3) is 0.750. The van der Waals surface area contributed by atoms with Crippen LogP contribution in [0.3, 0.4) is 0 Å². The van der Waals surface area contributed by atoms with E-state index in [1.54, 1.807) is 7.05 Å². The molecule has 4 nitrogen and oxygen atoms in total. The van der Waals surface area contributed by atoms with Crippen molar-refractivity contribution in [2.45, 2.75) is 39.0 Å². The van der Waals surface area contributed by atoms with Crippen molar-refractivity contribution in [3.05, 3.63) is 0 Å². The molecular formula is C12H20BrNO3. The van der Waals surface area contributed by atoms with Gasteiger partial charge < -0.3 is 5.32 Å². The first-order chi connectivity index (χ1) is 8.04. The summed E-state index contributed by atoms with van der Waals surface area (Å²) in [4.78, 5) is 34.0. The molecule has 0 saturated heterocycles. The summed E-state index contributed by atoms with van der Waals surface area (Å²) in [7, 11) is 1.57. The summed E-state index contributed by atoms with van der Waals surface area (Å²) in [5.41, 5.74) is 0. The van der Waals surface area contributed by atoms with Gasteiger partial charge >= 0.3 is 0 Å². The molecule has 1 N–H and O–H groups in total. The van der Waals surface area contributed by atoms with Gasteiger partial charge in [0.05, 0.1) is 5.33 Å². The molecule has 0 heterocycles. The summed E-state index contributed by atoms with van der Waals surface area (Å²) in [6.45, 7) is 1.81. The molecule has 0 fully saturated rings. The number of halogens is 1. The molecule has 0 aromatic heterocycles. The normalized spacial score (nSPS) is 11.9. The van der Waals surface area contributed by atoms with E-state index in [9.17, 15) is 14.4 Å². The van der Waals surface area contributed by atoms with Gasteiger partial charge in [0.15, 0.2) is 0 Å². The van der Waals surface area contributed by atoms with Crippen LogP contribution >= 0.6 is 15.9 Å². The molecular weight excluding hydrogens is 286 g/mol. The lowest BCUT2D eigenvalue weighted by Crippen LogP contribution is -2.28. The number of hydrogen-bond donors (Lipinski definition) is 1. The number of amides is 1. The molecule has 1 atom stereocenters. The molecule has 0 aliphatic carbocycles.